The van der Waals surface area contributed by atoms with E-state index in [-0.39, 0.29) is 30.6 Å². The smallest absolute Gasteiger partial charge is 0.320 e. The number of para-hydroxylation sites is 1. The summed E-state index contributed by atoms with van der Waals surface area (Å²) in [4.78, 5) is 18.8. The van der Waals surface area contributed by atoms with Crippen molar-refractivity contribution in [3.63, 3.8) is 0 Å². The Balaban J connectivity index is 1.39. The molecule has 3 heterocycles. The fourth-order valence-electron chi connectivity index (χ4n) is 5.19. The van der Waals surface area contributed by atoms with Crippen LogP contribution in [0.2, 0.25) is 0 Å². The highest BCUT2D eigenvalue weighted by atomic mass is 19.1. The fraction of sp³-hybridized carbons (Fsp3) is 0.435. The van der Waals surface area contributed by atoms with Crippen LogP contribution in [-0.2, 0) is 6.54 Å². The van der Waals surface area contributed by atoms with Gasteiger partial charge in [0.1, 0.15) is 5.82 Å². The minimum atomic E-state index is -0.264. The SMILES string of the molecule is CN(C)C(=O)N1C[C@H]2CN(Cc3cccc4c3OCO4)C[C@H]2[C@H]1c1cccc(F)c1. The fourth-order valence-corrected chi connectivity index (χ4v) is 5.19. The maximum Gasteiger partial charge on any atom is 0.320 e. The zero-order valence-corrected chi connectivity index (χ0v) is 17.3. The van der Waals surface area contributed by atoms with Crippen LogP contribution < -0.4 is 9.47 Å². The number of rotatable bonds is 3. The number of urea groups is 1. The Morgan fingerprint density at radius 1 is 1.13 bits per heavy atom. The van der Waals surface area contributed by atoms with Crippen molar-refractivity contribution in [3.05, 3.63) is 59.4 Å². The molecule has 0 aliphatic carbocycles. The Bertz CT molecular complexity index is 966. The van der Waals surface area contributed by atoms with E-state index >= 15 is 0 Å². The van der Waals surface area contributed by atoms with Crippen molar-refractivity contribution in [2.45, 2.75) is 12.6 Å². The van der Waals surface area contributed by atoms with Crippen molar-refractivity contribution in [3.8, 4) is 11.5 Å². The molecule has 30 heavy (non-hydrogen) atoms. The minimum absolute atomic E-state index is 0.0170. The van der Waals surface area contributed by atoms with Crippen LogP contribution in [0.25, 0.3) is 0 Å². The molecule has 0 N–H and O–H groups in total. The Kier molecular flexibility index (Phi) is 4.77. The normalized spacial score (nSPS) is 24.9. The van der Waals surface area contributed by atoms with Gasteiger partial charge in [0.25, 0.3) is 0 Å². The van der Waals surface area contributed by atoms with Crippen LogP contribution in [-0.4, -0.2) is 61.3 Å². The molecule has 0 unspecified atom stereocenters. The molecule has 2 saturated heterocycles. The van der Waals surface area contributed by atoms with Crippen LogP contribution in [0.4, 0.5) is 9.18 Å². The molecular weight excluding hydrogens is 385 g/mol. The van der Waals surface area contributed by atoms with Gasteiger partial charge in [-0.2, -0.15) is 0 Å². The summed E-state index contributed by atoms with van der Waals surface area (Å²) in [5, 5.41) is 0. The lowest BCUT2D eigenvalue weighted by Gasteiger charge is -2.32. The van der Waals surface area contributed by atoms with Crippen molar-refractivity contribution in [2.75, 3.05) is 40.5 Å². The molecule has 0 spiro atoms. The molecule has 2 aromatic carbocycles. The number of hydrogen-bond acceptors (Lipinski definition) is 4. The second-order valence-corrected chi connectivity index (χ2v) is 8.60. The molecule has 5 rings (SSSR count). The monoisotopic (exact) mass is 411 g/mol. The summed E-state index contributed by atoms with van der Waals surface area (Å²) < 4.78 is 25.2. The van der Waals surface area contributed by atoms with Crippen molar-refractivity contribution < 1.29 is 18.7 Å². The Hall–Kier alpha value is -2.80. The van der Waals surface area contributed by atoms with E-state index in [1.54, 1.807) is 31.1 Å². The number of carbonyl (C=O) groups excluding carboxylic acids is 1. The number of amides is 2. The predicted octanol–water partition coefficient (Wildman–Crippen LogP) is 3.34. The number of ether oxygens (including phenoxy) is 2. The largest absolute Gasteiger partial charge is 0.454 e. The first-order valence-electron chi connectivity index (χ1n) is 10.3. The van der Waals surface area contributed by atoms with E-state index in [0.29, 0.717) is 12.5 Å². The lowest BCUT2D eigenvalue weighted by atomic mass is 9.89. The van der Waals surface area contributed by atoms with E-state index in [2.05, 4.69) is 11.0 Å². The van der Waals surface area contributed by atoms with Gasteiger partial charge in [0.2, 0.25) is 6.79 Å². The van der Waals surface area contributed by atoms with Crippen molar-refractivity contribution in [1.29, 1.82) is 0 Å². The minimum Gasteiger partial charge on any atom is -0.454 e. The highest BCUT2D eigenvalue weighted by Crippen LogP contribution is 2.46. The van der Waals surface area contributed by atoms with Crippen molar-refractivity contribution in [1.82, 2.24) is 14.7 Å². The van der Waals surface area contributed by atoms with Gasteiger partial charge in [0, 0.05) is 51.8 Å². The van der Waals surface area contributed by atoms with Crippen LogP contribution >= 0.6 is 0 Å². The molecule has 2 aromatic rings. The summed E-state index contributed by atoms with van der Waals surface area (Å²) in [6.45, 7) is 3.48. The molecule has 0 aromatic heterocycles. The van der Waals surface area contributed by atoms with Crippen LogP contribution in [0.1, 0.15) is 17.2 Å². The number of halogens is 1. The predicted molar refractivity (Wildman–Crippen MR) is 110 cm³/mol. The molecule has 0 bridgehead atoms. The van der Waals surface area contributed by atoms with Gasteiger partial charge in [-0.05, 0) is 29.7 Å². The van der Waals surface area contributed by atoms with Crippen molar-refractivity contribution in [2.24, 2.45) is 11.8 Å². The van der Waals surface area contributed by atoms with Gasteiger partial charge >= 0.3 is 6.03 Å². The first kappa shape index (κ1) is 19.2. The van der Waals surface area contributed by atoms with Gasteiger partial charge in [-0.3, -0.25) is 4.90 Å². The quantitative estimate of drug-likeness (QED) is 0.777. The standard InChI is InChI=1S/C23H26FN3O3/c1-25(2)23(28)27-12-17-11-26(10-16-6-4-8-20-22(16)30-14-29-20)13-19(17)21(27)15-5-3-7-18(24)9-15/h3-9,17,19,21H,10-14H2,1-2H3/t17-,19-,21-/m1/s1. The molecule has 2 fully saturated rings. The molecule has 3 aliphatic rings. The zero-order chi connectivity index (χ0) is 20.8. The topological polar surface area (TPSA) is 45.3 Å². The summed E-state index contributed by atoms with van der Waals surface area (Å²) in [6.07, 6.45) is 0. The van der Waals surface area contributed by atoms with E-state index in [9.17, 15) is 9.18 Å². The third-order valence-corrected chi connectivity index (χ3v) is 6.43. The number of likely N-dealkylation sites (tertiary alicyclic amines) is 2. The second-order valence-electron chi connectivity index (χ2n) is 8.60. The Morgan fingerprint density at radius 3 is 2.77 bits per heavy atom. The Labute approximate surface area is 175 Å². The van der Waals surface area contributed by atoms with E-state index in [0.717, 1.165) is 42.3 Å². The molecular formula is C23H26FN3O3. The third kappa shape index (κ3) is 3.27. The molecule has 3 atom stereocenters. The summed E-state index contributed by atoms with van der Waals surface area (Å²) >= 11 is 0. The molecule has 7 heteroatoms. The van der Waals surface area contributed by atoms with Gasteiger partial charge in [-0.25, -0.2) is 9.18 Å². The molecule has 0 saturated carbocycles. The lowest BCUT2D eigenvalue weighted by molar-refractivity contribution is 0.151. The molecule has 0 radical (unpaired) electrons. The van der Waals surface area contributed by atoms with Crippen LogP contribution in [0.5, 0.6) is 11.5 Å². The number of nitrogens with zero attached hydrogens (tertiary/aromatic N) is 3. The average Bonchev–Trinajstić information content (AvgIpc) is 3.41. The van der Waals surface area contributed by atoms with Gasteiger partial charge in [-0.15, -0.1) is 0 Å². The average molecular weight is 411 g/mol. The van der Waals surface area contributed by atoms with Crippen LogP contribution in [0.3, 0.4) is 0 Å². The molecule has 158 valence electrons. The van der Waals surface area contributed by atoms with Gasteiger partial charge in [0.15, 0.2) is 11.5 Å². The summed E-state index contributed by atoms with van der Waals surface area (Å²) in [5.41, 5.74) is 1.99. The maximum absolute atomic E-state index is 14.0. The highest BCUT2D eigenvalue weighted by molar-refractivity contribution is 5.75. The first-order valence-corrected chi connectivity index (χ1v) is 10.3. The van der Waals surface area contributed by atoms with E-state index in [1.807, 2.05) is 23.1 Å². The molecule has 6 nitrogen and oxygen atoms in total. The van der Waals surface area contributed by atoms with Gasteiger partial charge < -0.3 is 19.3 Å². The number of fused-ring (bicyclic) bond motifs is 2. The van der Waals surface area contributed by atoms with E-state index in [1.165, 1.54) is 6.07 Å². The third-order valence-electron chi connectivity index (χ3n) is 6.43. The Morgan fingerprint density at radius 2 is 1.97 bits per heavy atom. The van der Waals surface area contributed by atoms with Gasteiger partial charge in [-0.1, -0.05) is 24.3 Å². The lowest BCUT2D eigenvalue weighted by Crippen LogP contribution is -2.41. The first-order chi connectivity index (χ1) is 14.5. The number of benzene rings is 2. The molecule has 2 amide bonds. The van der Waals surface area contributed by atoms with E-state index in [4.69, 9.17) is 9.47 Å². The molecule has 3 aliphatic heterocycles. The zero-order valence-electron chi connectivity index (χ0n) is 17.3. The second kappa shape index (κ2) is 7.47. The summed E-state index contributed by atoms with van der Waals surface area (Å²) in [5.74, 6) is 1.99. The maximum atomic E-state index is 14.0. The number of hydrogen-bond donors (Lipinski definition) is 0. The van der Waals surface area contributed by atoms with Crippen LogP contribution in [0, 0.1) is 17.7 Å². The number of carbonyl (C=O) groups is 1. The summed E-state index contributed by atoms with van der Waals surface area (Å²) in [7, 11) is 3.53. The van der Waals surface area contributed by atoms with Crippen LogP contribution in [0.15, 0.2) is 42.5 Å². The van der Waals surface area contributed by atoms with Gasteiger partial charge in [0.05, 0.1) is 6.04 Å². The van der Waals surface area contributed by atoms with E-state index < -0.39 is 0 Å². The summed E-state index contributed by atoms with van der Waals surface area (Å²) in [6, 6.07) is 12.5. The van der Waals surface area contributed by atoms with Crippen molar-refractivity contribution >= 4 is 6.03 Å². The highest BCUT2D eigenvalue weighted by Gasteiger charge is 2.49.